The number of aliphatic carboxylic acids is 2. The van der Waals surface area contributed by atoms with E-state index in [4.69, 9.17) is 51.0 Å². The first-order valence-electron chi connectivity index (χ1n) is 45.6. The highest BCUT2D eigenvalue weighted by Crippen LogP contribution is 2.23. The number of carboxylic acid groups (broad SMARTS) is 2. The molecule has 0 saturated carbocycles. The molecule has 1 fully saturated rings. The molecule has 1 aliphatic rings. The Kier molecular flexibility index (Phi) is 51.7. The molecule has 17 atom stereocenters. The fraction of sp³-hybridized carbons (Fsp3) is 0.602. The number of nitrogens with one attached hydrogen (secondary N) is 15. The molecule has 50 nitrogen and oxygen atoms in total. The fourth-order valence-electron chi connectivity index (χ4n) is 14.4. The van der Waals surface area contributed by atoms with Crippen LogP contribution in [0.3, 0.4) is 0 Å². The summed E-state index contributed by atoms with van der Waals surface area (Å²) in [6, 6.07) is -11.4. The van der Waals surface area contributed by atoms with E-state index in [1.54, 1.807) is 65.0 Å². The minimum atomic E-state index is -2.09. The molecule has 0 aromatic heterocycles. The molecule has 0 radical (unpaired) electrons. The van der Waals surface area contributed by atoms with Crippen LogP contribution < -0.4 is 126 Å². The van der Waals surface area contributed by atoms with Gasteiger partial charge < -0.3 is 146 Å². The number of hydrogen-bond donors (Lipinski definition) is 26. The maximum Gasteiger partial charge on any atom is 0.322 e. The number of amides is 21. The number of aromatic hydroxyl groups is 1. The first-order valence-corrected chi connectivity index (χ1v) is 45.6. The third kappa shape index (κ3) is 42.9. The molecule has 21 amide bonds. The summed E-state index contributed by atoms with van der Waals surface area (Å²) in [5, 5.41) is 64.9. The van der Waals surface area contributed by atoms with Crippen molar-refractivity contribution in [2.24, 2.45) is 69.5 Å². The number of benzene rings is 2. The summed E-state index contributed by atoms with van der Waals surface area (Å²) in [6.07, 6.45) is -4.84. The van der Waals surface area contributed by atoms with Crippen LogP contribution in [0, 0.1) is 23.7 Å². The second-order valence-corrected chi connectivity index (χ2v) is 34.6. The first-order chi connectivity index (χ1) is 64.9. The predicted molar refractivity (Wildman–Crippen MR) is 493 cm³/mol. The summed E-state index contributed by atoms with van der Waals surface area (Å²) in [6.45, 7) is 11.5. The van der Waals surface area contributed by atoms with Gasteiger partial charge in [0.1, 0.15) is 96.9 Å². The van der Waals surface area contributed by atoms with Crippen LogP contribution in [0.1, 0.15) is 189 Å². The molecule has 3 rings (SSSR count). The van der Waals surface area contributed by atoms with Gasteiger partial charge in [-0.3, -0.25) is 110 Å². The van der Waals surface area contributed by atoms with Crippen LogP contribution in [0.2, 0.25) is 0 Å². The molecule has 0 aliphatic carbocycles. The van der Waals surface area contributed by atoms with E-state index < -0.39 is 309 Å². The SMILES string of the molecule is CC[C@H](C)[C@H](NC(=O)[C@H](CC(N)=O)NC(=O)[C@@H](NC(=O)[C@H](CC(N)=O)NC(=O)CNC(=O)[C@@H]1CCCN1C(=O)[C@H](CC(C)C)NC(=O)[C@@H](NC(=O)[C@@H](N)CCC(=O)O)[C@@H](C)CC)C(C)C)C(=O)N[C@@H](CC(N)=O)C(=O)N[C@@H](Cc1ccc(O)cc1)C(=O)N[C@@H](CC(N)=O)C(=O)N[C@@H](CCC(N)=O)C(=O)N[C@@H](CCCCN)C(=O)N[C@@H](Cc1ccccc1)C(=O)N[C@@H](CCCCN)C(=O)NCC(=O)O. The molecule has 50 heteroatoms. The number of likely N-dealkylation sites (tertiary alicyclic amines) is 1. The lowest BCUT2D eigenvalue weighted by Gasteiger charge is -2.31. The number of carbonyl (C=O) groups is 23. The Bertz CT molecular complexity index is 4570. The standard InChI is InChI=1S/C88H138N24O26/c1-9-46(7)72(110-74(124)51(91)28-31-69(120)121)87(137)108-61(35-44(3)4)88(138)112-34-18-23-62(112)84(134)97-42-68(119)99-57(38-64(93)115)82(132)109-71(45(5)6)85(135)106-60(41-67(96)118)83(133)111-73(47(8)10-2)86(136)107-59(40-66(95)117)81(131)104-56(37-49-24-26-50(113)27-25-49)79(129)105-58(39-65(94)116)80(130)102-54(29-30-63(92)114)77(127)101-53(22-15-17-33-90)76(126)103-55(36-48-19-12-11-13-20-48)78(128)100-52(21-14-16-32-89)75(125)98-43-70(122)123/h11-13,19-20,24-27,44-47,51-62,71-73,113H,9-10,14-18,21-23,28-43,89-91H2,1-8H3,(H2,92,114)(H2,93,115)(H2,94,116)(H2,95,117)(H2,96,118)(H,97,134)(H,98,125)(H,99,119)(H,100,128)(H,101,127)(H,102,130)(H,103,126)(H,104,131)(H,105,129)(H,106,135)(H,107,136)(H,108,137)(H,109,132)(H,110,124)(H,111,133)(H,120,121)(H,122,123)/t46-,47-,51-,52-,53-,54-,55-,56-,57-,58-,59-,60-,61-,62-,71-,72-,73-/m0/s1. The maximum atomic E-state index is 14.8. The predicted octanol–water partition coefficient (Wildman–Crippen LogP) is -8.20. The number of hydrogen-bond acceptors (Lipinski definition) is 27. The van der Waals surface area contributed by atoms with Crippen molar-refractivity contribution in [1.29, 1.82) is 0 Å². The number of primary amides is 5. The highest BCUT2D eigenvalue weighted by atomic mass is 16.4. The third-order valence-electron chi connectivity index (χ3n) is 22.4. The van der Waals surface area contributed by atoms with E-state index in [1.807, 2.05) is 0 Å². The van der Waals surface area contributed by atoms with E-state index >= 15 is 0 Å². The highest BCUT2D eigenvalue weighted by Gasteiger charge is 2.43. The minimum absolute atomic E-state index is 0.00176. The van der Waals surface area contributed by atoms with Crippen LogP contribution in [0.5, 0.6) is 5.75 Å². The second-order valence-electron chi connectivity index (χ2n) is 34.6. The van der Waals surface area contributed by atoms with Gasteiger partial charge in [0, 0.05) is 32.2 Å². The van der Waals surface area contributed by atoms with Crippen molar-refractivity contribution in [1.82, 2.24) is 84.7 Å². The minimum Gasteiger partial charge on any atom is -0.508 e. The normalized spacial score (nSPS) is 15.7. The monoisotopic (exact) mass is 1950 g/mol. The van der Waals surface area contributed by atoms with Crippen LogP contribution in [0.15, 0.2) is 54.6 Å². The first kappa shape index (κ1) is 118. The molecule has 1 heterocycles. The highest BCUT2D eigenvalue weighted by molar-refractivity contribution is 6.03. The zero-order valence-corrected chi connectivity index (χ0v) is 78.8. The van der Waals surface area contributed by atoms with Crippen LogP contribution in [0.4, 0.5) is 0 Å². The summed E-state index contributed by atoms with van der Waals surface area (Å²) >= 11 is 0. The smallest absolute Gasteiger partial charge is 0.322 e. The number of carbonyl (C=O) groups excluding carboxylic acids is 21. The Hall–Kier alpha value is -14.1. The number of phenols is 1. The molecule has 2 aromatic rings. The largest absolute Gasteiger partial charge is 0.508 e. The van der Waals surface area contributed by atoms with Crippen molar-refractivity contribution in [3.8, 4) is 5.75 Å². The van der Waals surface area contributed by atoms with Gasteiger partial charge in [-0.1, -0.05) is 111 Å². The van der Waals surface area contributed by atoms with Gasteiger partial charge >= 0.3 is 11.9 Å². The van der Waals surface area contributed by atoms with Gasteiger partial charge in [0.25, 0.3) is 0 Å². The Balaban J connectivity index is 1.95. The summed E-state index contributed by atoms with van der Waals surface area (Å²) < 4.78 is 0. The zero-order valence-electron chi connectivity index (χ0n) is 78.8. The molecular weight excluding hydrogens is 1810 g/mol. The number of carboxylic acids is 2. The lowest BCUT2D eigenvalue weighted by Crippen LogP contribution is -2.62. The Morgan fingerprint density at radius 2 is 0.761 bits per heavy atom. The molecule has 766 valence electrons. The number of rotatable bonds is 65. The van der Waals surface area contributed by atoms with Gasteiger partial charge in [-0.2, -0.15) is 0 Å². The summed E-state index contributed by atoms with van der Waals surface area (Å²) in [5.41, 5.74) is 46.0. The zero-order chi connectivity index (χ0) is 104. The molecule has 0 bridgehead atoms. The lowest BCUT2D eigenvalue weighted by molar-refractivity contribution is -0.142. The quantitative estimate of drug-likeness (QED) is 0.0274. The molecule has 2 aromatic carbocycles. The topological polar surface area (TPSA) is 845 Å². The Morgan fingerprint density at radius 3 is 1.18 bits per heavy atom. The third-order valence-corrected chi connectivity index (χ3v) is 22.4. The summed E-state index contributed by atoms with van der Waals surface area (Å²) in [7, 11) is 0. The Labute approximate surface area is 797 Å². The van der Waals surface area contributed by atoms with E-state index in [-0.39, 0.29) is 94.7 Å². The van der Waals surface area contributed by atoms with E-state index in [9.17, 15) is 120 Å². The van der Waals surface area contributed by atoms with E-state index in [1.165, 1.54) is 49.9 Å². The van der Waals surface area contributed by atoms with Crippen molar-refractivity contribution in [3.05, 3.63) is 65.7 Å². The maximum absolute atomic E-state index is 14.8. The molecule has 138 heavy (non-hydrogen) atoms. The average Bonchev–Trinajstić information content (AvgIpc) is 1.64. The van der Waals surface area contributed by atoms with Crippen LogP contribution in [-0.4, -0.2) is 280 Å². The second kappa shape index (κ2) is 60.4. The van der Waals surface area contributed by atoms with Gasteiger partial charge in [0.2, 0.25) is 124 Å². The molecule has 34 N–H and O–H groups in total. The molecule has 0 unspecified atom stereocenters. The van der Waals surface area contributed by atoms with Crippen molar-refractivity contribution in [3.63, 3.8) is 0 Å². The number of nitrogens with two attached hydrogens (primary N) is 8. The van der Waals surface area contributed by atoms with Gasteiger partial charge in [-0.05, 0) is 131 Å². The van der Waals surface area contributed by atoms with Gasteiger partial charge in [-0.25, -0.2) is 0 Å². The Morgan fingerprint density at radius 1 is 0.384 bits per heavy atom. The number of nitrogens with zero attached hydrogens (tertiary/aromatic N) is 1. The van der Waals surface area contributed by atoms with Crippen LogP contribution >= 0.6 is 0 Å². The number of unbranched alkanes of at least 4 members (excludes halogenated alkanes) is 2. The average molecular weight is 1950 g/mol. The molecular formula is C88H138N24O26. The fourth-order valence-corrected chi connectivity index (χ4v) is 14.4. The van der Waals surface area contributed by atoms with Crippen LogP contribution in [0.25, 0.3) is 0 Å². The molecule has 0 spiro atoms. The van der Waals surface area contributed by atoms with Crippen molar-refractivity contribution < 1.29 is 126 Å². The van der Waals surface area contributed by atoms with Gasteiger partial charge in [-0.15, -0.1) is 0 Å². The van der Waals surface area contributed by atoms with Crippen LogP contribution in [-0.2, 0) is 123 Å². The van der Waals surface area contributed by atoms with Gasteiger partial charge in [0.15, 0.2) is 0 Å². The van der Waals surface area contributed by atoms with Crippen molar-refractivity contribution >= 4 is 136 Å². The summed E-state index contributed by atoms with van der Waals surface area (Å²) in [5.74, 6) is -28.4. The number of phenolic OH excluding ortho intramolecular Hbond substituents is 1. The summed E-state index contributed by atoms with van der Waals surface area (Å²) in [4.78, 5) is 315. The van der Waals surface area contributed by atoms with Crippen molar-refractivity contribution in [2.45, 2.75) is 281 Å². The van der Waals surface area contributed by atoms with E-state index in [0.717, 1.165) is 0 Å². The molecule has 1 aliphatic heterocycles. The van der Waals surface area contributed by atoms with E-state index in [0.29, 0.717) is 31.2 Å². The lowest BCUT2D eigenvalue weighted by atomic mass is 9.96. The molecule has 1 saturated heterocycles. The van der Waals surface area contributed by atoms with Crippen molar-refractivity contribution in [2.75, 3.05) is 32.7 Å². The van der Waals surface area contributed by atoms with Gasteiger partial charge in [0.05, 0.1) is 38.3 Å². The van der Waals surface area contributed by atoms with E-state index in [2.05, 4.69) is 79.8 Å².